The Labute approximate surface area is 277 Å². The zero-order valence-corrected chi connectivity index (χ0v) is 28.9. The number of nitrogens with two attached hydrogens (primary N) is 1. The normalized spacial score (nSPS) is 16.3. The zero-order valence-electron chi connectivity index (χ0n) is 27.3. The Bertz CT molecular complexity index is 920. The van der Waals surface area contributed by atoms with Crippen LogP contribution in [0.15, 0.2) is 24.3 Å². The van der Waals surface area contributed by atoms with Crippen molar-refractivity contribution < 1.29 is 28.9 Å². The molecule has 10 nitrogen and oxygen atoms in total. The second-order valence-electron chi connectivity index (χ2n) is 12.1. The molecule has 1 heterocycles. The number of benzene rings is 1. The first-order valence-electron chi connectivity index (χ1n) is 15.6. The molecule has 44 heavy (non-hydrogen) atoms. The summed E-state index contributed by atoms with van der Waals surface area (Å²) in [5.74, 6) is 0.341. The number of para-hydroxylation sites is 1. The number of carbonyl (C=O) groups is 2. The van der Waals surface area contributed by atoms with E-state index in [-0.39, 0.29) is 60.3 Å². The van der Waals surface area contributed by atoms with E-state index in [4.69, 9.17) is 19.9 Å². The standard InChI is InChI=1S/C32H56N4O6.2ClH/c1-23(2)25(22-35-31(38)26-10-6-7-11-30(26)42-17-9-8-16-40-5)20-28(33)29(37)21-27(24(3)4)32(39)34-12-13-36-14-18-41-19-15-36;;/h6-7,10-11,23-25,27-29,37H,8-9,12-22,33H2,1-5H3,(H,34,39)(H,35,38);2*1H/t25-,27+,28+,29+;;/m1../s1. The van der Waals surface area contributed by atoms with Crippen LogP contribution in [0.3, 0.4) is 0 Å². The molecular weight excluding hydrogens is 607 g/mol. The second-order valence-corrected chi connectivity index (χ2v) is 12.1. The molecule has 5 N–H and O–H groups in total. The molecule has 1 saturated heterocycles. The van der Waals surface area contributed by atoms with Gasteiger partial charge in [-0.25, -0.2) is 0 Å². The number of rotatable bonds is 20. The molecule has 1 aliphatic heterocycles. The van der Waals surface area contributed by atoms with Crippen LogP contribution in [0.25, 0.3) is 0 Å². The van der Waals surface area contributed by atoms with Crippen molar-refractivity contribution in [2.24, 2.45) is 29.4 Å². The third kappa shape index (κ3) is 15.6. The van der Waals surface area contributed by atoms with Crippen molar-refractivity contribution >= 4 is 36.6 Å². The summed E-state index contributed by atoms with van der Waals surface area (Å²) in [7, 11) is 1.68. The molecule has 0 radical (unpaired) electrons. The molecule has 2 rings (SSSR count). The van der Waals surface area contributed by atoms with Crippen LogP contribution in [0.4, 0.5) is 0 Å². The number of unbranched alkanes of at least 4 members (excludes halogenated alkanes) is 1. The number of amides is 2. The highest BCUT2D eigenvalue weighted by Gasteiger charge is 2.30. The number of nitrogens with zero attached hydrogens (tertiary/aromatic N) is 1. The average Bonchev–Trinajstić information content (AvgIpc) is 2.97. The summed E-state index contributed by atoms with van der Waals surface area (Å²) in [6, 6.07) is 6.73. The molecule has 0 spiro atoms. The Hall–Kier alpha value is -1.66. The van der Waals surface area contributed by atoms with Crippen molar-refractivity contribution in [3.8, 4) is 5.75 Å². The number of hydrogen-bond donors (Lipinski definition) is 4. The van der Waals surface area contributed by atoms with Crippen LogP contribution in [0.2, 0.25) is 0 Å². The molecule has 4 atom stereocenters. The molecule has 12 heteroatoms. The maximum absolute atomic E-state index is 13.1. The van der Waals surface area contributed by atoms with E-state index in [0.29, 0.717) is 50.5 Å². The van der Waals surface area contributed by atoms with E-state index in [0.717, 1.165) is 45.7 Å². The molecule has 1 aromatic carbocycles. The highest BCUT2D eigenvalue weighted by molar-refractivity contribution is 5.96. The van der Waals surface area contributed by atoms with E-state index in [1.807, 2.05) is 26.0 Å². The number of nitrogens with one attached hydrogen (secondary N) is 2. The molecule has 0 bridgehead atoms. The largest absolute Gasteiger partial charge is 0.493 e. The molecule has 0 saturated carbocycles. The summed E-state index contributed by atoms with van der Waals surface area (Å²) in [5, 5.41) is 17.1. The fourth-order valence-electron chi connectivity index (χ4n) is 5.14. The van der Waals surface area contributed by atoms with E-state index in [1.54, 1.807) is 19.2 Å². The Morgan fingerprint density at radius 3 is 2.30 bits per heavy atom. The van der Waals surface area contributed by atoms with Gasteiger partial charge in [0.2, 0.25) is 5.91 Å². The van der Waals surface area contributed by atoms with Crippen LogP contribution in [-0.4, -0.2) is 100 Å². The van der Waals surface area contributed by atoms with Crippen LogP contribution in [0.5, 0.6) is 5.75 Å². The summed E-state index contributed by atoms with van der Waals surface area (Å²) in [4.78, 5) is 28.4. The van der Waals surface area contributed by atoms with Crippen molar-refractivity contribution in [3.05, 3.63) is 29.8 Å². The Balaban J connectivity index is 0.00000924. The van der Waals surface area contributed by atoms with Gasteiger partial charge in [0.1, 0.15) is 5.75 Å². The first-order chi connectivity index (χ1) is 20.1. The molecular formula is C32H58Cl2N4O6. The van der Waals surface area contributed by atoms with Crippen LogP contribution in [-0.2, 0) is 14.3 Å². The summed E-state index contributed by atoms with van der Waals surface area (Å²) in [6.07, 6.45) is 1.73. The first kappa shape index (κ1) is 42.3. The molecule has 2 amide bonds. The number of methoxy groups -OCH3 is 1. The Morgan fingerprint density at radius 1 is 1.00 bits per heavy atom. The molecule has 256 valence electrons. The second kappa shape index (κ2) is 23.6. The highest BCUT2D eigenvalue weighted by atomic mass is 35.5. The topological polar surface area (TPSA) is 135 Å². The molecule has 0 aromatic heterocycles. The maximum Gasteiger partial charge on any atom is 0.255 e. The van der Waals surface area contributed by atoms with E-state index in [9.17, 15) is 14.7 Å². The van der Waals surface area contributed by atoms with Gasteiger partial charge >= 0.3 is 0 Å². The summed E-state index contributed by atoms with van der Waals surface area (Å²) < 4.78 is 16.3. The van der Waals surface area contributed by atoms with Gasteiger partial charge < -0.3 is 35.7 Å². The quantitative estimate of drug-likeness (QED) is 0.156. The molecule has 0 unspecified atom stereocenters. The van der Waals surface area contributed by atoms with E-state index < -0.39 is 12.1 Å². The van der Waals surface area contributed by atoms with Crippen LogP contribution in [0, 0.1) is 23.7 Å². The molecule has 1 aromatic rings. The fraction of sp³-hybridized carbons (Fsp3) is 0.750. The first-order valence-corrected chi connectivity index (χ1v) is 15.6. The predicted molar refractivity (Wildman–Crippen MR) is 180 cm³/mol. The number of morpholine rings is 1. The third-order valence-electron chi connectivity index (χ3n) is 8.14. The minimum absolute atomic E-state index is 0. The fourth-order valence-corrected chi connectivity index (χ4v) is 5.14. The van der Waals surface area contributed by atoms with E-state index in [2.05, 4.69) is 29.4 Å². The van der Waals surface area contributed by atoms with Crippen molar-refractivity contribution in [3.63, 3.8) is 0 Å². The number of aliphatic hydroxyl groups is 1. The van der Waals surface area contributed by atoms with Gasteiger partial charge in [0, 0.05) is 58.4 Å². The van der Waals surface area contributed by atoms with E-state index >= 15 is 0 Å². The monoisotopic (exact) mass is 664 g/mol. The van der Waals surface area contributed by atoms with Crippen molar-refractivity contribution in [2.75, 3.05) is 66.3 Å². The predicted octanol–water partition coefficient (Wildman–Crippen LogP) is 3.53. The lowest BCUT2D eigenvalue weighted by molar-refractivity contribution is -0.127. The van der Waals surface area contributed by atoms with Gasteiger partial charge in [-0.2, -0.15) is 0 Å². The Morgan fingerprint density at radius 2 is 1.66 bits per heavy atom. The van der Waals surface area contributed by atoms with Gasteiger partial charge in [-0.3, -0.25) is 14.5 Å². The van der Waals surface area contributed by atoms with Crippen LogP contribution < -0.4 is 21.1 Å². The highest BCUT2D eigenvalue weighted by Crippen LogP contribution is 2.24. The third-order valence-corrected chi connectivity index (χ3v) is 8.14. The number of ether oxygens (including phenoxy) is 3. The zero-order chi connectivity index (χ0) is 30.9. The number of hydrogen-bond acceptors (Lipinski definition) is 8. The van der Waals surface area contributed by atoms with Gasteiger partial charge in [0.25, 0.3) is 5.91 Å². The molecule has 1 fully saturated rings. The van der Waals surface area contributed by atoms with Gasteiger partial charge in [-0.1, -0.05) is 39.8 Å². The minimum atomic E-state index is -0.827. The smallest absolute Gasteiger partial charge is 0.255 e. The summed E-state index contributed by atoms with van der Waals surface area (Å²) in [5.41, 5.74) is 6.99. The molecule has 1 aliphatic rings. The summed E-state index contributed by atoms with van der Waals surface area (Å²) >= 11 is 0. The number of halogens is 2. The number of carbonyl (C=O) groups excluding carboxylic acids is 2. The van der Waals surface area contributed by atoms with Crippen LogP contribution in [0.1, 0.15) is 63.7 Å². The lowest BCUT2D eigenvalue weighted by atomic mass is 9.83. The van der Waals surface area contributed by atoms with Gasteiger partial charge in [-0.15, -0.1) is 24.8 Å². The van der Waals surface area contributed by atoms with Crippen molar-refractivity contribution in [2.45, 2.75) is 65.5 Å². The molecule has 0 aliphatic carbocycles. The minimum Gasteiger partial charge on any atom is -0.493 e. The van der Waals surface area contributed by atoms with E-state index in [1.165, 1.54) is 0 Å². The van der Waals surface area contributed by atoms with Crippen molar-refractivity contribution in [1.29, 1.82) is 0 Å². The van der Waals surface area contributed by atoms with Gasteiger partial charge in [-0.05, 0) is 55.6 Å². The summed E-state index contributed by atoms with van der Waals surface area (Å²) in [6.45, 7) is 14.4. The SMILES string of the molecule is COCCCCOc1ccccc1C(=O)NC[C@@H](C[C@H](N)[C@@H](O)C[C@H](C(=O)NCCN1CCOCC1)C(C)C)C(C)C.Cl.Cl. The lowest BCUT2D eigenvalue weighted by Crippen LogP contribution is -2.45. The van der Waals surface area contributed by atoms with Gasteiger partial charge in [0.15, 0.2) is 0 Å². The average molecular weight is 666 g/mol. The Kier molecular flexibility index (Phi) is 22.8. The maximum atomic E-state index is 13.1. The van der Waals surface area contributed by atoms with Gasteiger partial charge in [0.05, 0.1) is 31.5 Å². The number of aliphatic hydroxyl groups excluding tert-OH is 1. The van der Waals surface area contributed by atoms with Crippen LogP contribution >= 0.6 is 24.8 Å². The lowest BCUT2D eigenvalue weighted by Gasteiger charge is -2.30. The van der Waals surface area contributed by atoms with Crippen molar-refractivity contribution in [1.82, 2.24) is 15.5 Å².